The van der Waals surface area contributed by atoms with E-state index in [0.717, 1.165) is 58.7 Å². The highest BCUT2D eigenvalue weighted by atomic mass is 32.1. The molecule has 190 valence electrons. The molecule has 0 radical (unpaired) electrons. The molecule has 0 unspecified atom stereocenters. The molecule has 1 aliphatic carbocycles. The number of benzene rings is 1. The first-order valence-corrected chi connectivity index (χ1v) is 13.5. The van der Waals surface area contributed by atoms with Gasteiger partial charge >= 0.3 is 0 Å². The number of ether oxygens (including phenoxy) is 1. The largest absolute Gasteiger partial charge is 0.453 e. The summed E-state index contributed by atoms with van der Waals surface area (Å²) in [6, 6.07) is 12.5. The lowest BCUT2D eigenvalue weighted by molar-refractivity contribution is -0.118. The molecule has 0 amide bonds. The van der Waals surface area contributed by atoms with Gasteiger partial charge in [0, 0.05) is 50.9 Å². The minimum Gasteiger partial charge on any atom is -0.453 e. The molecule has 1 saturated heterocycles. The van der Waals surface area contributed by atoms with Crippen LogP contribution >= 0.6 is 11.3 Å². The van der Waals surface area contributed by atoms with E-state index in [9.17, 15) is 14.3 Å². The van der Waals surface area contributed by atoms with Gasteiger partial charge in [0.25, 0.3) is 0 Å². The van der Waals surface area contributed by atoms with Crippen LogP contribution in [0.5, 0.6) is 11.5 Å². The zero-order chi connectivity index (χ0) is 25.4. The van der Waals surface area contributed by atoms with Crippen molar-refractivity contribution < 1.29 is 19.0 Å². The van der Waals surface area contributed by atoms with Gasteiger partial charge < -0.3 is 9.84 Å². The highest BCUT2D eigenvalue weighted by Crippen LogP contribution is 2.39. The second-order valence-corrected chi connectivity index (χ2v) is 11.1. The number of aliphatic hydroxyl groups excluding tert-OH is 1. The maximum absolute atomic E-state index is 14.9. The fraction of sp³-hybridized carbons (Fsp3) is 0.345. The fourth-order valence-electron chi connectivity index (χ4n) is 4.80. The number of β-amino-alcohol motifs (C(OH)–C–C–N with tert-alkyl or cyclic N) is 1. The predicted octanol–water partition coefficient (Wildman–Crippen LogP) is 5.77. The first-order chi connectivity index (χ1) is 18.0. The zero-order valence-corrected chi connectivity index (χ0v) is 21.2. The van der Waals surface area contributed by atoms with Gasteiger partial charge in [0.2, 0.25) is 0 Å². The quantitative estimate of drug-likeness (QED) is 0.304. The van der Waals surface area contributed by atoms with Gasteiger partial charge in [-0.25, -0.2) is 4.39 Å². The van der Waals surface area contributed by atoms with E-state index in [-0.39, 0.29) is 24.1 Å². The number of thiophene rings is 1. The van der Waals surface area contributed by atoms with Crippen LogP contribution in [-0.4, -0.2) is 45.0 Å². The summed E-state index contributed by atoms with van der Waals surface area (Å²) in [7, 11) is 0. The summed E-state index contributed by atoms with van der Waals surface area (Å²) in [4.78, 5) is 24.4. The topological polar surface area (TPSA) is 75.5 Å². The molecule has 1 saturated carbocycles. The Hall–Kier alpha value is -3.20. The summed E-state index contributed by atoms with van der Waals surface area (Å²) in [5.74, 6) is 0.857. The number of carbonyl (C=O) groups excluding carboxylic acids is 1. The molecule has 1 aromatic carbocycles. The van der Waals surface area contributed by atoms with Gasteiger partial charge in [0.1, 0.15) is 11.5 Å². The number of hydrogen-bond donors (Lipinski definition) is 1. The molecule has 2 fully saturated rings. The number of rotatable bonds is 9. The van der Waals surface area contributed by atoms with E-state index < -0.39 is 5.82 Å². The van der Waals surface area contributed by atoms with E-state index in [0.29, 0.717) is 30.2 Å². The molecule has 6 rings (SSSR count). The van der Waals surface area contributed by atoms with Crippen LogP contribution in [0.2, 0.25) is 0 Å². The van der Waals surface area contributed by atoms with Crippen molar-refractivity contribution in [3.63, 3.8) is 0 Å². The van der Waals surface area contributed by atoms with Gasteiger partial charge in [-0.1, -0.05) is 12.1 Å². The molecular formula is C29H28FN3O3S. The fourth-order valence-corrected chi connectivity index (χ4v) is 5.84. The van der Waals surface area contributed by atoms with Gasteiger partial charge in [0.05, 0.1) is 26.9 Å². The molecule has 4 aromatic rings. The van der Waals surface area contributed by atoms with E-state index in [4.69, 9.17) is 4.74 Å². The van der Waals surface area contributed by atoms with E-state index in [1.165, 1.54) is 17.4 Å². The Kier molecular flexibility index (Phi) is 6.71. The minimum atomic E-state index is -0.485. The molecule has 3 aromatic heterocycles. The summed E-state index contributed by atoms with van der Waals surface area (Å²) in [6.45, 7) is 2.37. The molecular weight excluding hydrogens is 489 g/mol. The van der Waals surface area contributed by atoms with Gasteiger partial charge in [-0.05, 0) is 60.6 Å². The predicted molar refractivity (Wildman–Crippen MR) is 141 cm³/mol. The van der Waals surface area contributed by atoms with E-state index in [2.05, 4.69) is 20.9 Å². The number of ketones is 1. The van der Waals surface area contributed by atoms with Crippen LogP contribution in [0.4, 0.5) is 4.39 Å². The van der Waals surface area contributed by atoms with Crippen molar-refractivity contribution >= 4 is 27.3 Å². The average molecular weight is 518 g/mol. The number of aliphatic hydroxyl groups is 1. The van der Waals surface area contributed by atoms with Crippen molar-refractivity contribution in [1.29, 1.82) is 0 Å². The average Bonchev–Trinajstić information content (AvgIpc) is 3.42. The Balaban J connectivity index is 1.17. The number of aromatic nitrogens is 2. The van der Waals surface area contributed by atoms with Crippen LogP contribution in [0, 0.1) is 11.7 Å². The highest BCUT2D eigenvalue weighted by molar-refractivity contribution is 7.22. The Morgan fingerprint density at radius 2 is 1.95 bits per heavy atom. The zero-order valence-electron chi connectivity index (χ0n) is 20.4. The Labute approximate surface area is 218 Å². The number of fused-ring (bicyclic) bond motifs is 1. The maximum Gasteiger partial charge on any atom is 0.166 e. The van der Waals surface area contributed by atoms with E-state index in [1.807, 2.05) is 18.3 Å². The van der Waals surface area contributed by atoms with Crippen molar-refractivity contribution in [2.45, 2.75) is 44.8 Å². The third-order valence-corrected chi connectivity index (χ3v) is 8.10. The standard InChI is InChI=1S/C29H28FN3O3S/c30-23-13-19(12-22(35)11-18-1-2-18)4-6-26(23)36-27-7-9-31-25-14-28(37-29(25)27)24-5-3-20(15-32-24)16-33-10-8-21(34)17-33/h3-7,9,13-15,18,21,34H,1-2,8,10-12,16-17H2/t21-/m1/s1. The molecule has 4 heterocycles. The van der Waals surface area contributed by atoms with Crippen molar-refractivity contribution in [2.24, 2.45) is 5.92 Å². The summed E-state index contributed by atoms with van der Waals surface area (Å²) >= 11 is 1.50. The van der Waals surface area contributed by atoms with Crippen LogP contribution in [-0.2, 0) is 17.8 Å². The second-order valence-electron chi connectivity index (χ2n) is 10.1. The SMILES string of the molecule is O=C(Cc1ccc(Oc2ccnc3cc(-c4ccc(CN5CC[C@@H](O)C5)cn4)sc23)c(F)c1)CC1CC1. The van der Waals surface area contributed by atoms with Gasteiger partial charge in [-0.3, -0.25) is 19.7 Å². The minimum absolute atomic E-state index is 0.121. The first-order valence-electron chi connectivity index (χ1n) is 12.7. The number of likely N-dealkylation sites (tertiary alicyclic amines) is 1. The van der Waals surface area contributed by atoms with Crippen molar-refractivity contribution in [2.75, 3.05) is 13.1 Å². The van der Waals surface area contributed by atoms with Crippen LogP contribution in [0.15, 0.2) is 54.9 Å². The molecule has 1 N–H and O–H groups in total. The normalized spacial score (nSPS) is 17.9. The van der Waals surface area contributed by atoms with Crippen LogP contribution in [0.25, 0.3) is 20.8 Å². The van der Waals surface area contributed by atoms with Crippen LogP contribution in [0.3, 0.4) is 0 Å². The Morgan fingerprint density at radius 1 is 1.08 bits per heavy atom. The number of hydrogen-bond acceptors (Lipinski definition) is 7. The molecule has 8 heteroatoms. The summed E-state index contributed by atoms with van der Waals surface area (Å²) in [6.07, 6.45) is 7.22. The monoisotopic (exact) mass is 517 g/mol. The third kappa shape index (κ3) is 5.71. The number of Topliss-reactive ketones (excluding diaryl/α,β-unsaturated/α-hetero) is 1. The van der Waals surface area contributed by atoms with Gasteiger partial charge in [-0.2, -0.15) is 0 Å². The lowest BCUT2D eigenvalue weighted by atomic mass is 10.0. The number of halogens is 1. The second kappa shape index (κ2) is 10.3. The van der Waals surface area contributed by atoms with Crippen LogP contribution in [0.1, 0.15) is 36.8 Å². The number of nitrogens with zero attached hydrogens (tertiary/aromatic N) is 3. The Bertz CT molecular complexity index is 1430. The van der Waals surface area contributed by atoms with Gasteiger partial charge in [0.15, 0.2) is 11.6 Å². The smallest absolute Gasteiger partial charge is 0.166 e. The molecule has 1 aliphatic heterocycles. The highest BCUT2D eigenvalue weighted by Gasteiger charge is 2.24. The summed E-state index contributed by atoms with van der Waals surface area (Å²) < 4.78 is 21.6. The van der Waals surface area contributed by atoms with Crippen molar-refractivity contribution in [3.05, 3.63) is 71.8 Å². The van der Waals surface area contributed by atoms with Crippen molar-refractivity contribution in [1.82, 2.24) is 14.9 Å². The number of pyridine rings is 2. The molecule has 6 nitrogen and oxygen atoms in total. The maximum atomic E-state index is 14.9. The van der Waals surface area contributed by atoms with E-state index >= 15 is 0 Å². The van der Waals surface area contributed by atoms with Crippen LogP contribution < -0.4 is 4.74 Å². The summed E-state index contributed by atoms with van der Waals surface area (Å²) in [5, 5.41) is 9.74. The number of carbonyl (C=O) groups is 1. The molecule has 2 aliphatic rings. The Morgan fingerprint density at radius 3 is 2.68 bits per heavy atom. The molecule has 37 heavy (non-hydrogen) atoms. The third-order valence-electron chi connectivity index (χ3n) is 6.94. The van der Waals surface area contributed by atoms with E-state index in [1.54, 1.807) is 24.4 Å². The molecule has 0 spiro atoms. The first kappa shape index (κ1) is 24.2. The summed E-state index contributed by atoms with van der Waals surface area (Å²) in [5.41, 5.74) is 3.38. The lowest BCUT2D eigenvalue weighted by Crippen LogP contribution is -2.21. The van der Waals surface area contributed by atoms with Gasteiger partial charge in [-0.15, -0.1) is 11.3 Å². The lowest BCUT2D eigenvalue weighted by Gasteiger charge is -2.14. The van der Waals surface area contributed by atoms with Crippen molar-refractivity contribution in [3.8, 4) is 22.1 Å². The molecule has 0 bridgehead atoms. The molecule has 1 atom stereocenters.